The van der Waals surface area contributed by atoms with E-state index < -0.39 is 6.04 Å². The van der Waals surface area contributed by atoms with Crippen LogP contribution in [0.3, 0.4) is 0 Å². The summed E-state index contributed by atoms with van der Waals surface area (Å²) in [6.07, 6.45) is 0. The second-order valence-corrected chi connectivity index (χ2v) is 5.36. The second-order valence-electron chi connectivity index (χ2n) is 4.04. The van der Waals surface area contributed by atoms with E-state index in [1.807, 2.05) is 0 Å². The van der Waals surface area contributed by atoms with Crippen LogP contribution in [0.2, 0.25) is 5.02 Å². The molecule has 2 N–H and O–H groups in total. The second kappa shape index (κ2) is 5.90. The van der Waals surface area contributed by atoms with E-state index in [2.05, 4.69) is 15.9 Å². The summed E-state index contributed by atoms with van der Waals surface area (Å²) in [7, 11) is 1.52. The van der Waals surface area contributed by atoms with Crippen LogP contribution in [-0.2, 0) is 0 Å². The molecule has 0 bridgehead atoms. The van der Waals surface area contributed by atoms with Gasteiger partial charge < -0.3 is 10.5 Å². The molecule has 1 unspecified atom stereocenters. The SMILES string of the molecule is COc1cc(C(N)c2ccc(Br)cc2F)ccc1Cl. The van der Waals surface area contributed by atoms with E-state index in [9.17, 15) is 4.39 Å². The predicted octanol–water partition coefficient (Wildman–Crippen LogP) is 4.30. The van der Waals surface area contributed by atoms with Gasteiger partial charge in [-0.2, -0.15) is 0 Å². The van der Waals surface area contributed by atoms with Gasteiger partial charge in [0.25, 0.3) is 0 Å². The van der Waals surface area contributed by atoms with Crippen LogP contribution in [0.25, 0.3) is 0 Å². The molecule has 0 aliphatic carbocycles. The normalized spacial score (nSPS) is 12.3. The van der Waals surface area contributed by atoms with Crippen LogP contribution in [0.1, 0.15) is 17.2 Å². The minimum Gasteiger partial charge on any atom is -0.495 e. The van der Waals surface area contributed by atoms with Crippen molar-refractivity contribution in [1.29, 1.82) is 0 Å². The van der Waals surface area contributed by atoms with Crippen molar-refractivity contribution in [3.05, 3.63) is 62.8 Å². The zero-order valence-electron chi connectivity index (χ0n) is 10.2. The van der Waals surface area contributed by atoms with Gasteiger partial charge in [0.2, 0.25) is 0 Å². The van der Waals surface area contributed by atoms with E-state index in [0.717, 1.165) is 5.56 Å². The zero-order valence-corrected chi connectivity index (χ0v) is 12.5. The molecule has 0 aliphatic heterocycles. The van der Waals surface area contributed by atoms with Crippen molar-refractivity contribution in [2.24, 2.45) is 5.73 Å². The molecule has 0 saturated carbocycles. The molecule has 2 aromatic rings. The van der Waals surface area contributed by atoms with Crippen molar-refractivity contribution in [2.45, 2.75) is 6.04 Å². The summed E-state index contributed by atoms with van der Waals surface area (Å²) < 4.78 is 19.7. The lowest BCUT2D eigenvalue weighted by atomic mass is 9.99. The summed E-state index contributed by atoms with van der Waals surface area (Å²) in [5.41, 5.74) is 7.25. The third kappa shape index (κ3) is 3.08. The van der Waals surface area contributed by atoms with Gasteiger partial charge >= 0.3 is 0 Å². The van der Waals surface area contributed by atoms with Crippen LogP contribution in [0, 0.1) is 5.82 Å². The average molecular weight is 345 g/mol. The maximum atomic E-state index is 13.9. The van der Waals surface area contributed by atoms with Gasteiger partial charge in [-0.3, -0.25) is 0 Å². The molecule has 2 aromatic carbocycles. The summed E-state index contributed by atoms with van der Waals surface area (Å²) >= 11 is 9.17. The average Bonchev–Trinajstić information content (AvgIpc) is 2.38. The molecule has 0 heterocycles. The summed E-state index contributed by atoms with van der Waals surface area (Å²) in [6, 6.07) is 9.40. The highest BCUT2D eigenvalue weighted by Gasteiger charge is 2.15. The molecular weight excluding hydrogens is 333 g/mol. The van der Waals surface area contributed by atoms with E-state index in [-0.39, 0.29) is 5.82 Å². The first kappa shape index (κ1) is 14.3. The third-order valence-electron chi connectivity index (χ3n) is 2.83. The molecular formula is C14H12BrClFNO. The fourth-order valence-corrected chi connectivity index (χ4v) is 2.33. The Bertz CT molecular complexity index is 606. The zero-order chi connectivity index (χ0) is 14.0. The van der Waals surface area contributed by atoms with Gasteiger partial charge in [0.15, 0.2) is 0 Å². The van der Waals surface area contributed by atoms with Crippen LogP contribution < -0.4 is 10.5 Å². The molecule has 19 heavy (non-hydrogen) atoms. The number of benzene rings is 2. The fraction of sp³-hybridized carbons (Fsp3) is 0.143. The van der Waals surface area contributed by atoms with Crippen molar-refractivity contribution in [2.75, 3.05) is 7.11 Å². The van der Waals surface area contributed by atoms with Crippen molar-refractivity contribution in [1.82, 2.24) is 0 Å². The topological polar surface area (TPSA) is 35.2 Å². The Morgan fingerprint density at radius 1 is 1.26 bits per heavy atom. The lowest BCUT2D eigenvalue weighted by molar-refractivity contribution is 0.414. The summed E-state index contributed by atoms with van der Waals surface area (Å²) in [5.74, 6) is 0.169. The Balaban J connectivity index is 2.40. The Morgan fingerprint density at radius 3 is 2.63 bits per heavy atom. The molecule has 0 amide bonds. The molecule has 1 atom stereocenters. The first-order chi connectivity index (χ1) is 9.02. The predicted molar refractivity (Wildman–Crippen MR) is 78.1 cm³/mol. The van der Waals surface area contributed by atoms with Crippen molar-refractivity contribution in [3.8, 4) is 5.75 Å². The fourth-order valence-electron chi connectivity index (χ4n) is 1.80. The molecule has 0 spiro atoms. The number of methoxy groups -OCH3 is 1. The Morgan fingerprint density at radius 2 is 2.00 bits per heavy atom. The van der Waals surface area contributed by atoms with Crippen LogP contribution in [0.15, 0.2) is 40.9 Å². The number of nitrogens with two attached hydrogens (primary N) is 1. The minimum absolute atomic E-state index is 0.351. The van der Waals surface area contributed by atoms with Gasteiger partial charge in [0.05, 0.1) is 18.2 Å². The highest BCUT2D eigenvalue weighted by molar-refractivity contribution is 9.10. The van der Waals surface area contributed by atoms with E-state index in [1.54, 1.807) is 30.3 Å². The summed E-state index contributed by atoms with van der Waals surface area (Å²) in [5, 5.41) is 0.495. The third-order valence-corrected chi connectivity index (χ3v) is 3.64. The molecule has 2 rings (SSSR count). The van der Waals surface area contributed by atoms with Gasteiger partial charge in [-0.15, -0.1) is 0 Å². The highest BCUT2D eigenvalue weighted by Crippen LogP contribution is 2.30. The lowest BCUT2D eigenvalue weighted by Crippen LogP contribution is -2.13. The van der Waals surface area contributed by atoms with E-state index in [1.165, 1.54) is 13.2 Å². The quantitative estimate of drug-likeness (QED) is 0.901. The van der Waals surface area contributed by atoms with E-state index >= 15 is 0 Å². The molecule has 0 radical (unpaired) electrons. The van der Waals surface area contributed by atoms with Crippen molar-refractivity contribution in [3.63, 3.8) is 0 Å². The van der Waals surface area contributed by atoms with Crippen molar-refractivity contribution < 1.29 is 9.13 Å². The molecule has 0 aliphatic rings. The summed E-state index contributed by atoms with van der Waals surface area (Å²) in [4.78, 5) is 0. The highest BCUT2D eigenvalue weighted by atomic mass is 79.9. The number of ether oxygens (including phenoxy) is 1. The Hall–Kier alpha value is -1.10. The molecule has 100 valence electrons. The number of halogens is 3. The number of hydrogen-bond acceptors (Lipinski definition) is 2. The van der Waals surface area contributed by atoms with Crippen LogP contribution >= 0.6 is 27.5 Å². The van der Waals surface area contributed by atoms with Gasteiger partial charge in [-0.25, -0.2) is 4.39 Å². The molecule has 0 aromatic heterocycles. The van der Waals surface area contributed by atoms with E-state index in [0.29, 0.717) is 20.8 Å². The largest absolute Gasteiger partial charge is 0.495 e. The maximum Gasteiger partial charge on any atom is 0.137 e. The Labute approximate surface area is 124 Å². The summed E-state index contributed by atoms with van der Waals surface area (Å²) in [6.45, 7) is 0. The van der Waals surface area contributed by atoms with Crippen LogP contribution in [-0.4, -0.2) is 7.11 Å². The molecule has 2 nitrogen and oxygen atoms in total. The van der Waals surface area contributed by atoms with Crippen LogP contribution in [0.4, 0.5) is 4.39 Å². The lowest BCUT2D eigenvalue weighted by Gasteiger charge is -2.15. The maximum absolute atomic E-state index is 13.9. The number of rotatable bonds is 3. The minimum atomic E-state index is -0.570. The smallest absolute Gasteiger partial charge is 0.137 e. The monoisotopic (exact) mass is 343 g/mol. The van der Waals surface area contributed by atoms with Gasteiger partial charge in [0, 0.05) is 10.0 Å². The number of hydrogen-bond donors (Lipinski definition) is 1. The van der Waals surface area contributed by atoms with Gasteiger partial charge in [-0.1, -0.05) is 39.7 Å². The van der Waals surface area contributed by atoms with Gasteiger partial charge in [-0.05, 0) is 29.8 Å². The standard InChI is InChI=1S/C14H12BrClFNO/c1-19-13-6-8(2-5-11(13)16)14(18)10-4-3-9(15)7-12(10)17/h2-7,14H,18H2,1H3. The first-order valence-corrected chi connectivity index (χ1v) is 6.74. The van der Waals surface area contributed by atoms with Crippen molar-refractivity contribution >= 4 is 27.5 Å². The Kier molecular flexibility index (Phi) is 4.45. The first-order valence-electron chi connectivity index (χ1n) is 5.57. The molecule has 0 fully saturated rings. The van der Waals surface area contributed by atoms with E-state index in [4.69, 9.17) is 22.1 Å². The van der Waals surface area contributed by atoms with Crippen LogP contribution in [0.5, 0.6) is 5.75 Å². The van der Waals surface area contributed by atoms with Gasteiger partial charge in [0.1, 0.15) is 11.6 Å². The molecule has 0 saturated heterocycles. The molecule has 5 heteroatoms.